The number of guanidine groups is 1. The summed E-state index contributed by atoms with van der Waals surface area (Å²) in [5.41, 5.74) is 1.27. The van der Waals surface area contributed by atoms with Crippen LogP contribution in [-0.4, -0.2) is 45.4 Å². The lowest BCUT2D eigenvalue weighted by Crippen LogP contribution is -2.38. The molecule has 6 heteroatoms. The van der Waals surface area contributed by atoms with Crippen molar-refractivity contribution >= 4 is 29.9 Å². The summed E-state index contributed by atoms with van der Waals surface area (Å²) >= 11 is 0. The van der Waals surface area contributed by atoms with Gasteiger partial charge in [0.1, 0.15) is 5.75 Å². The first kappa shape index (κ1) is 22.0. The molecule has 0 amide bonds. The average Bonchev–Trinajstić information content (AvgIpc) is 2.49. The molecule has 0 aliphatic carbocycles. The topological polar surface area (TPSA) is 54.9 Å². The Hall–Kier alpha value is -1.02. The zero-order chi connectivity index (χ0) is 16.2. The van der Waals surface area contributed by atoms with Crippen LogP contribution in [0.5, 0.6) is 5.75 Å². The van der Waals surface area contributed by atoms with Crippen molar-refractivity contribution in [2.75, 3.05) is 33.4 Å². The molecule has 0 radical (unpaired) electrons. The van der Waals surface area contributed by atoms with Gasteiger partial charge in [-0.05, 0) is 44.9 Å². The molecule has 0 heterocycles. The van der Waals surface area contributed by atoms with E-state index in [2.05, 4.69) is 34.7 Å². The lowest BCUT2D eigenvalue weighted by molar-refractivity contribution is 0.208. The van der Waals surface area contributed by atoms with Gasteiger partial charge in [-0.25, -0.2) is 0 Å². The van der Waals surface area contributed by atoms with E-state index in [1.54, 1.807) is 7.11 Å². The molecule has 0 aromatic heterocycles. The van der Waals surface area contributed by atoms with Crippen LogP contribution >= 0.6 is 24.0 Å². The van der Waals surface area contributed by atoms with Crippen LogP contribution in [0, 0.1) is 0 Å². The van der Waals surface area contributed by atoms with E-state index in [4.69, 9.17) is 9.47 Å². The van der Waals surface area contributed by atoms with Gasteiger partial charge in [0.2, 0.25) is 0 Å². The van der Waals surface area contributed by atoms with E-state index in [0.717, 1.165) is 31.2 Å². The van der Waals surface area contributed by atoms with Crippen LogP contribution in [0.25, 0.3) is 0 Å². The van der Waals surface area contributed by atoms with Gasteiger partial charge in [-0.2, -0.15) is 0 Å². The first-order valence-electron chi connectivity index (χ1n) is 7.92. The molecule has 0 spiro atoms. The van der Waals surface area contributed by atoms with Crippen LogP contribution in [0.3, 0.4) is 0 Å². The van der Waals surface area contributed by atoms with Crippen LogP contribution in [0.15, 0.2) is 29.3 Å². The highest BCUT2D eigenvalue weighted by Crippen LogP contribution is 2.13. The predicted molar refractivity (Wildman–Crippen MR) is 107 cm³/mol. The molecular formula is C17H30IN3O2. The first-order chi connectivity index (χ1) is 10.7. The second kappa shape index (κ2) is 13.4. The highest BCUT2D eigenvalue weighted by Gasteiger charge is 2.00. The highest BCUT2D eigenvalue weighted by atomic mass is 127. The van der Waals surface area contributed by atoms with Gasteiger partial charge in [-0.3, -0.25) is 4.99 Å². The number of ether oxygens (including phenoxy) is 2. The number of rotatable bonds is 9. The summed E-state index contributed by atoms with van der Waals surface area (Å²) in [5, 5.41) is 6.55. The van der Waals surface area contributed by atoms with Gasteiger partial charge in [0.05, 0.1) is 19.3 Å². The van der Waals surface area contributed by atoms with Crippen LogP contribution < -0.4 is 15.4 Å². The summed E-state index contributed by atoms with van der Waals surface area (Å²) in [5.74, 6) is 1.75. The molecule has 1 rings (SSSR count). The summed E-state index contributed by atoms with van der Waals surface area (Å²) in [6.07, 6.45) is 1.15. The molecule has 23 heavy (non-hydrogen) atoms. The molecule has 0 aliphatic rings. The molecule has 2 N–H and O–H groups in total. The average molecular weight is 435 g/mol. The number of hydrogen-bond donors (Lipinski definition) is 2. The van der Waals surface area contributed by atoms with E-state index in [-0.39, 0.29) is 30.1 Å². The van der Waals surface area contributed by atoms with Crippen molar-refractivity contribution in [3.8, 4) is 5.75 Å². The van der Waals surface area contributed by atoms with Crippen molar-refractivity contribution < 1.29 is 9.47 Å². The largest absolute Gasteiger partial charge is 0.491 e. The van der Waals surface area contributed by atoms with Crippen molar-refractivity contribution in [1.29, 1.82) is 0 Å². The molecule has 0 saturated heterocycles. The Bertz CT molecular complexity index is 436. The Morgan fingerprint density at radius 3 is 2.43 bits per heavy atom. The minimum Gasteiger partial charge on any atom is -0.491 e. The fraction of sp³-hybridized carbons (Fsp3) is 0.588. The molecule has 0 fully saturated rings. The maximum absolute atomic E-state index is 5.64. The summed E-state index contributed by atoms with van der Waals surface area (Å²) in [7, 11) is 1.68. The van der Waals surface area contributed by atoms with Crippen molar-refractivity contribution in [2.45, 2.75) is 33.3 Å². The monoisotopic (exact) mass is 435 g/mol. The Labute approximate surface area is 157 Å². The summed E-state index contributed by atoms with van der Waals surface area (Å²) < 4.78 is 10.7. The molecule has 0 aliphatic heterocycles. The number of halogens is 1. The Kier molecular flexibility index (Phi) is 12.8. The number of nitrogens with zero attached hydrogens (tertiary/aromatic N) is 1. The number of hydrogen-bond acceptors (Lipinski definition) is 3. The van der Waals surface area contributed by atoms with Crippen LogP contribution in [0.1, 0.15) is 26.3 Å². The Morgan fingerprint density at radius 1 is 1.17 bits per heavy atom. The molecule has 5 nitrogen and oxygen atoms in total. The maximum Gasteiger partial charge on any atom is 0.191 e. The molecule has 0 saturated carbocycles. The quantitative estimate of drug-likeness (QED) is 0.271. The molecule has 0 unspecified atom stereocenters. The number of nitrogens with one attached hydrogen (secondary N) is 2. The molecule has 0 bridgehead atoms. The lowest BCUT2D eigenvalue weighted by atomic mass is 10.1. The van der Waals surface area contributed by atoms with Gasteiger partial charge >= 0.3 is 0 Å². The van der Waals surface area contributed by atoms with E-state index in [1.807, 2.05) is 26.0 Å². The minimum absolute atomic E-state index is 0. The number of methoxy groups -OCH3 is 1. The van der Waals surface area contributed by atoms with Crippen LogP contribution in [0.2, 0.25) is 0 Å². The second-order valence-electron chi connectivity index (χ2n) is 5.24. The summed E-state index contributed by atoms with van der Waals surface area (Å²) in [4.78, 5) is 4.43. The fourth-order valence-electron chi connectivity index (χ4n) is 1.92. The second-order valence-corrected chi connectivity index (χ2v) is 5.24. The van der Waals surface area contributed by atoms with Crippen LogP contribution in [-0.2, 0) is 11.2 Å². The van der Waals surface area contributed by atoms with Gasteiger partial charge in [0.15, 0.2) is 5.96 Å². The molecule has 132 valence electrons. The third-order valence-electron chi connectivity index (χ3n) is 2.91. The van der Waals surface area contributed by atoms with E-state index >= 15 is 0 Å². The summed E-state index contributed by atoms with van der Waals surface area (Å²) in [6, 6.07) is 8.25. The van der Waals surface area contributed by atoms with Gasteiger partial charge in [-0.1, -0.05) is 12.1 Å². The third-order valence-corrected chi connectivity index (χ3v) is 2.91. The van der Waals surface area contributed by atoms with Crippen LogP contribution in [0.4, 0.5) is 0 Å². The van der Waals surface area contributed by atoms with Gasteiger partial charge < -0.3 is 20.1 Å². The van der Waals surface area contributed by atoms with Gasteiger partial charge in [0, 0.05) is 20.2 Å². The SMILES string of the molecule is CCNC(=NCCOC)NCCc1ccc(OC(C)C)cc1.I. The fourth-order valence-corrected chi connectivity index (χ4v) is 1.92. The van der Waals surface area contributed by atoms with E-state index in [0.29, 0.717) is 13.2 Å². The Balaban J connectivity index is 0.00000484. The number of aliphatic imine (C=N–C) groups is 1. The number of benzene rings is 1. The van der Waals surface area contributed by atoms with Crippen molar-refractivity contribution in [3.05, 3.63) is 29.8 Å². The van der Waals surface area contributed by atoms with E-state index < -0.39 is 0 Å². The normalized spacial score (nSPS) is 11.1. The molecule has 0 atom stereocenters. The van der Waals surface area contributed by atoms with Crippen molar-refractivity contribution in [2.24, 2.45) is 4.99 Å². The summed E-state index contributed by atoms with van der Waals surface area (Å²) in [6.45, 7) is 9.09. The van der Waals surface area contributed by atoms with Crippen molar-refractivity contribution in [1.82, 2.24) is 10.6 Å². The maximum atomic E-state index is 5.64. The zero-order valence-corrected chi connectivity index (χ0v) is 16.9. The zero-order valence-electron chi connectivity index (χ0n) is 14.6. The lowest BCUT2D eigenvalue weighted by Gasteiger charge is -2.12. The van der Waals surface area contributed by atoms with E-state index in [9.17, 15) is 0 Å². The van der Waals surface area contributed by atoms with Gasteiger partial charge in [0.25, 0.3) is 0 Å². The van der Waals surface area contributed by atoms with Crippen molar-refractivity contribution in [3.63, 3.8) is 0 Å². The highest BCUT2D eigenvalue weighted by molar-refractivity contribution is 14.0. The third kappa shape index (κ3) is 10.4. The molecule has 1 aromatic carbocycles. The molecular weight excluding hydrogens is 405 g/mol. The van der Waals surface area contributed by atoms with E-state index in [1.165, 1.54) is 5.56 Å². The molecule has 1 aromatic rings. The first-order valence-corrected chi connectivity index (χ1v) is 7.92. The standard InChI is InChI=1S/C17H29N3O2.HI/c1-5-18-17(20-12-13-21-4)19-11-10-15-6-8-16(9-7-15)22-14(2)3;/h6-9,14H,5,10-13H2,1-4H3,(H2,18,19,20);1H. The minimum atomic E-state index is 0. The predicted octanol–water partition coefficient (Wildman–Crippen LogP) is 2.84. The van der Waals surface area contributed by atoms with Gasteiger partial charge in [-0.15, -0.1) is 24.0 Å². The smallest absolute Gasteiger partial charge is 0.191 e. The Morgan fingerprint density at radius 2 is 1.87 bits per heavy atom.